The van der Waals surface area contributed by atoms with E-state index in [-0.39, 0.29) is 18.1 Å². The molecule has 2 amide bonds. The number of hydrogen-bond donors (Lipinski definition) is 2. The molecule has 126 valence electrons. The van der Waals surface area contributed by atoms with Gasteiger partial charge in [-0.3, -0.25) is 4.79 Å². The molecule has 0 aromatic heterocycles. The van der Waals surface area contributed by atoms with E-state index in [2.05, 4.69) is 19.2 Å². The molecule has 2 saturated heterocycles. The second kappa shape index (κ2) is 6.86. The largest absolute Gasteiger partial charge is 0.446 e. The minimum atomic E-state index is -0.516. The lowest BCUT2D eigenvalue weighted by Gasteiger charge is -2.43. The number of nitrogens with zero attached hydrogens (tertiary/aromatic N) is 1. The molecule has 2 aliphatic heterocycles. The van der Waals surface area contributed by atoms with Crippen molar-refractivity contribution < 1.29 is 19.4 Å². The normalized spacial score (nSPS) is 26.0. The molecule has 2 aliphatic rings. The van der Waals surface area contributed by atoms with E-state index in [1.165, 1.54) is 0 Å². The van der Waals surface area contributed by atoms with Crippen LogP contribution in [0.5, 0.6) is 0 Å². The fraction of sp³-hybridized carbons (Fsp3) is 0.875. The van der Waals surface area contributed by atoms with Crippen molar-refractivity contribution in [3.63, 3.8) is 0 Å². The van der Waals surface area contributed by atoms with Crippen molar-refractivity contribution >= 4 is 12.0 Å². The average molecular weight is 312 g/mol. The summed E-state index contributed by atoms with van der Waals surface area (Å²) in [5.41, 5.74) is -0.516. The van der Waals surface area contributed by atoms with Crippen LogP contribution in [0.15, 0.2) is 0 Å². The van der Waals surface area contributed by atoms with E-state index >= 15 is 0 Å². The molecule has 6 heteroatoms. The van der Waals surface area contributed by atoms with E-state index < -0.39 is 11.5 Å². The number of β-amino-alcohol motifs (C(OH)–C–C–N with tert-alkyl or cyclic N) is 1. The number of ether oxygens (including phenoxy) is 1. The Labute approximate surface area is 132 Å². The highest BCUT2D eigenvalue weighted by atomic mass is 16.6. The minimum Gasteiger partial charge on any atom is -0.446 e. The molecule has 2 unspecified atom stereocenters. The van der Waals surface area contributed by atoms with E-state index in [9.17, 15) is 14.7 Å². The lowest BCUT2D eigenvalue weighted by Crippen LogP contribution is -2.56. The Morgan fingerprint density at radius 2 is 2.05 bits per heavy atom. The van der Waals surface area contributed by atoms with Crippen LogP contribution in [-0.2, 0) is 9.53 Å². The number of hydrogen-bond acceptors (Lipinski definition) is 4. The number of amides is 2. The maximum absolute atomic E-state index is 12.2. The molecule has 2 heterocycles. The van der Waals surface area contributed by atoms with Gasteiger partial charge in [0.25, 0.3) is 0 Å². The van der Waals surface area contributed by atoms with Gasteiger partial charge in [-0.25, -0.2) is 4.79 Å². The lowest BCUT2D eigenvalue weighted by atomic mass is 9.71. The second-order valence-corrected chi connectivity index (χ2v) is 7.16. The number of piperidine rings is 2. The van der Waals surface area contributed by atoms with Crippen LogP contribution in [0.2, 0.25) is 0 Å². The topological polar surface area (TPSA) is 78.9 Å². The molecule has 2 fully saturated rings. The molecule has 22 heavy (non-hydrogen) atoms. The van der Waals surface area contributed by atoms with Gasteiger partial charge in [-0.15, -0.1) is 0 Å². The molecule has 6 nitrogen and oxygen atoms in total. The minimum absolute atomic E-state index is 0.0130. The zero-order chi connectivity index (χ0) is 16.3. The van der Waals surface area contributed by atoms with Gasteiger partial charge in [-0.2, -0.15) is 0 Å². The molecular weight excluding hydrogens is 284 g/mol. The van der Waals surface area contributed by atoms with Crippen LogP contribution in [0.4, 0.5) is 4.79 Å². The predicted octanol–water partition coefficient (Wildman–Crippen LogP) is 1.52. The summed E-state index contributed by atoms with van der Waals surface area (Å²) in [4.78, 5) is 26.0. The fourth-order valence-electron chi connectivity index (χ4n) is 3.52. The summed E-state index contributed by atoms with van der Waals surface area (Å²) in [6.45, 7) is 7.46. The van der Waals surface area contributed by atoms with Crippen LogP contribution in [0.25, 0.3) is 0 Å². The summed E-state index contributed by atoms with van der Waals surface area (Å²) in [5.74, 6) is 0.499. The van der Waals surface area contributed by atoms with Crippen molar-refractivity contribution in [2.24, 2.45) is 11.3 Å². The van der Waals surface area contributed by atoms with Gasteiger partial charge in [0.15, 0.2) is 0 Å². The van der Waals surface area contributed by atoms with Crippen molar-refractivity contribution in [3.05, 3.63) is 0 Å². The Bertz CT molecular complexity index is 416. The molecule has 2 rings (SSSR count). The van der Waals surface area contributed by atoms with Gasteiger partial charge >= 0.3 is 6.09 Å². The van der Waals surface area contributed by atoms with Gasteiger partial charge < -0.3 is 20.1 Å². The van der Waals surface area contributed by atoms with Crippen molar-refractivity contribution in [2.45, 2.75) is 58.7 Å². The molecule has 1 spiro atoms. The van der Waals surface area contributed by atoms with E-state index in [0.29, 0.717) is 44.8 Å². The van der Waals surface area contributed by atoms with Crippen LogP contribution in [0, 0.1) is 11.3 Å². The third-order valence-electron chi connectivity index (χ3n) is 4.69. The van der Waals surface area contributed by atoms with E-state index in [1.807, 2.05) is 6.92 Å². The highest BCUT2D eigenvalue weighted by molar-refractivity contribution is 5.84. The number of carbonyl (C=O) groups is 2. The van der Waals surface area contributed by atoms with Crippen LogP contribution in [-0.4, -0.2) is 53.8 Å². The molecule has 0 saturated carbocycles. The zero-order valence-corrected chi connectivity index (χ0v) is 13.8. The smallest absolute Gasteiger partial charge is 0.410 e. The summed E-state index contributed by atoms with van der Waals surface area (Å²) in [7, 11) is 0. The first kappa shape index (κ1) is 17.1. The second-order valence-electron chi connectivity index (χ2n) is 7.16. The number of rotatable bonds is 3. The van der Waals surface area contributed by atoms with Gasteiger partial charge in [0.1, 0.15) is 6.10 Å². The summed E-state index contributed by atoms with van der Waals surface area (Å²) >= 11 is 0. The van der Waals surface area contributed by atoms with E-state index in [4.69, 9.17) is 4.74 Å². The molecule has 2 atom stereocenters. The van der Waals surface area contributed by atoms with Gasteiger partial charge in [0.2, 0.25) is 5.91 Å². The van der Waals surface area contributed by atoms with E-state index in [0.717, 1.165) is 6.42 Å². The van der Waals surface area contributed by atoms with Gasteiger partial charge in [-0.05, 0) is 38.5 Å². The Kier molecular flexibility index (Phi) is 5.32. The molecule has 0 radical (unpaired) electrons. The van der Waals surface area contributed by atoms with E-state index in [1.54, 1.807) is 4.90 Å². The summed E-state index contributed by atoms with van der Waals surface area (Å²) in [6, 6.07) is 0. The van der Waals surface area contributed by atoms with Crippen molar-refractivity contribution in [3.8, 4) is 0 Å². The molecule has 0 aromatic rings. The van der Waals surface area contributed by atoms with Gasteiger partial charge in [0.05, 0.1) is 11.5 Å². The zero-order valence-electron chi connectivity index (χ0n) is 13.8. The number of aliphatic hydroxyl groups excluding tert-OH is 1. The standard InChI is InChI=1S/C16H28N2O4/c1-11(2)8-12(3)22-15(21)18-6-4-16(5-7-18)9-13(19)10-17-14(16)20/h11-13,19H,4-10H2,1-3H3,(H,17,20). The molecular formula is C16H28N2O4. The quantitative estimate of drug-likeness (QED) is 0.828. The third-order valence-corrected chi connectivity index (χ3v) is 4.69. The van der Waals surface area contributed by atoms with Crippen molar-refractivity contribution in [1.82, 2.24) is 10.2 Å². The molecule has 0 aromatic carbocycles. The number of likely N-dealkylation sites (tertiary alicyclic amines) is 1. The highest BCUT2D eigenvalue weighted by Crippen LogP contribution is 2.38. The van der Waals surface area contributed by atoms with Gasteiger partial charge in [0, 0.05) is 19.6 Å². The molecule has 0 bridgehead atoms. The SMILES string of the molecule is CC(C)CC(C)OC(=O)N1CCC2(CC1)CC(O)CNC2=O. The Balaban J connectivity index is 1.86. The number of nitrogens with one attached hydrogen (secondary N) is 1. The first-order valence-electron chi connectivity index (χ1n) is 8.24. The predicted molar refractivity (Wildman–Crippen MR) is 82.3 cm³/mol. The Morgan fingerprint density at radius 3 is 2.64 bits per heavy atom. The van der Waals surface area contributed by atoms with Crippen molar-refractivity contribution in [2.75, 3.05) is 19.6 Å². The van der Waals surface area contributed by atoms with Crippen LogP contribution in [0.1, 0.15) is 46.5 Å². The first-order valence-corrected chi connectivity index (χ1v) is 8.24. The lowest BCUT2D eigenvalue weighted by molar-refractivity contribution is -0.140. The highest BCUT2D eigenvalue weighted by Gasteiger charge is 2.46. The average Bonchev–Trinajstić information content (AvgIpc) is 2.43. The molecule has 0 aliphatic carbocycles. The fourth-order valence-corrected chi connectivity index (χ4v) is 3.52. The maximum atomic E-state index is 12.2. The summed E-state index contributed by atoms with van der Waals surface area (Å²) in [6.07, 6.45) is 1.64. The van der Waals surface area contributed by atoms with Crippen LogP contribution in [0.3, 0.4) is 0 Å². The van der Waals surface area contributed by atoms with Crippen LogP contribution >= 0.6 is 0 Å². The van der Waals surface area contributed by atoms with Crippen LogP contribution < -0.4 is 5.32 Å². The van der Waals surface area contributed by atoms with Gasteiger partial charge in [-0.1, -0.05) is 13.8 Å². The van der Waals surface area contributed by atoms with Crippen molar-refractivity contribution in [1.29, 1.82) is 0 Å². The third kappa shape index (κ3) is 3.91. The first-order chi connectivity index (χ1) is 10.3. The summed E-state index contributed by atoms with van der Waals surface area (Å²) in [5, 5.41) is 12.6. The Hall–Kier alpha value is -1.30. The monoisotopic (exact) mass is 312 g/mol. The Morgan fingerprint density at radius 1 is 1.41 bits per heavy atom. The number of carbonyl (C=O) groups excluding carboxylic acids is 2. The maximum Gasteiger partial charge on any atom is 0.410 e. The number of aliphatic hydroxyl groups is 1. The molecule has 2 N–H and O–H groups in total. The summed E-state index contributed by atoms with van der Waals surface area (Å²) < 4.78 is 5.46.